The lowest BCUT2D eigenvalue weighted by atomic mass is 10.0. The summed E-state index contributed by atoms with van der Waals surface area (Å²) in [5, 5.41) is 10.1. The molecule has 2 N–H and O–H groups in total. The first kappa shape index (κ1) is 18.5. The summed E-state index contributed by atoms with van der Waals surface area (Å²) in [6.45, 7) is 5.57. The van der Waals surface area contributed by atoms with E-state index in [9.17, 15) is 13.2 Å². The van der Waals surface area contributed by atoms with Crippen molar-refractivity contribution in [2.75, 3.05) is 5.32 Å². The molecule has 7 nitrogen and oxygen atoms in total. The van der Waals surface area contributed by atoms with Gasteiger partial charge in [-0.15, -0.1) is 10.2 Å². The summed E-state index contributed by atoms with van der Waals surface area (Å²) in [5.74, 6) is -0.242. The molecule has 0 bridgehead atoms. The highest BCUT2D eigenvalue weighted by molar-refractivity contribution is 7.91. The van der Waals surface area contributed by atoms with Crippen LogP contribution in [0.3, 0.4) is 0 Å². The number of aryl methyl sites for hydroxylation is 1. The number of hydrogen-bond donors (Lipinski definition) is 2. The van der Waals surface area contributed by atoms with Crippen molar-refractivity contribution in [2.45, 2.75) is 44.0 Å². The van der Waals surface area contributed by atoms with E-state index in [4.69, 9.17) is 0 Å². The topological polar surface area (TPSA) is 101 Å². The summed E-state index contributed by atoms with van der Waals surface area (Å²) in [6.07, 6.45) is 0.881. The van der Waals surface area contributed by atoms with Crippen molar-refractivity contribution in [1.29, 1.82) is 0 Å². The number of carbonyl (C=O) groups is 1. The fraction of sp³-hybridized carbons (Fsp3) is 0.400. The average molecular weight is 368 g/mol. The molecule has 0 radical (unpaired) electrons. The van der Waals surface area contributed by atoms with E-state index in [2.05, 4.69) is 20.2 Å². The standard InChI is InChI=1S/C15H20N4O3S2/c1-4-12(11-8-6-10(3)7-9-11)19-24(21,22)15-18-17-14(23-15)16-13(20)5-2/h6-9,12,19H,4-5H2,1-3H3,(H,16,17,20)/t12-/m1/s1. The number of aromatic nitrogens is 2. The van der Waals surface area contributed by atoms with Gasteiger partial charge in [-0.25, -0.2) is 13.1 Å². The van der Waals surface area contributed by atoms with E-state index in [1.165, 1.54) is 0 Å². The van der Waals surface area contributed by atoms with E-state index >= 15 is 0 Å². The summed E-state index contributed by atoms with van der Waals surface area (Å²) in [6, 6.07) is 7.33. The van der Waals surface area contributed by atoms with Crippen LogP contribution in [0.1, 0.15) is 43.9 Å². The first-order chi connectivity index (χ1) is 11.4. The second-order valence-electron chi connectivity index (χ2n) is 5.27. The maximum absolute atomic E-state index is 12.5. The van der Waals surface area contributed by atoms with Crippen LogP contribution in [-0.4, -0.2) is 24.5 Å². The van der Waals surface area contributed by atoms with Gasteiger partial charge in [0.15, 0.2) is 0 Å². The van der Waals surface area contributed by atoms with E-state index in [0.717, 1.165) is 22.5 Å². The van der Waals surface area contributed by atoms with Gasteiger partial charge in [0.1, 0.15) is 0 Å². The van der Waals surface area contributed by atoms with Crippen LogP contribution in [0.15, 0.2) is 28.6 Å². The van der Waals surface area contributed by atoms with Crippen molar-refractivity contribution in [3.8, 4) is 0 Å². The Kier molecular flexibility index (Phi) is 6.03. The molecule has 2 aromatic rings. The third-order valence-electron chi connectivity index (χ3n) is 3.39. The number of carbonyl (C=O) groups excluding carboxylic acids is 1. The van der Waals surface area contributed by atoms with E-state index in [-0.39, 0.29) is 27.8 Å². The molecule has 1 atom stereocenters. The maximum atomic E-state index is 12.5. The zero-order chi connectivity index (χ0) is 17.7. The number of benzene rings is 1. The number of amides is 1. The van der Waals surface area contributed by atoms with Gasteiger partial charge in [0.2, 0.25) is 15.4 Å². The minimum absolute atomic E-state index is 0.167. The zero-order valence-corrected chi connectivity index (χ0v) is 15.4. The van der Waals surface area contributed by atoms with Crippen molar-refractivity contribution in [1.82, 2.24) is 14.9 Å². The quantitative estimate of drug-likeness (QED) is 0.732. The lowest BCUT2D eigenvalue weighted by Gasteiger charge is -2.16. The first-order valence-corrected chi connectivity index (χ1v) is 9.88. The van der Waals surface area contributed by atoms with Gasteiger partial charge in [-0.05, 0) is 18.9 Å². The Morgan fingerprint density at radius 1 is 1.21 bits per heavy atom. The minimum atomic E-state index is -3.81. The van der Waals surface area contributed by atoms with Crippen LogP contribution >= 0.6 is 11.3 Å². The average Bonchev–Trinajstić information content (AvgIpc) is 3.03. The fourth-order valence-corrected chi connectivity index (χ4v) is 4.24. The predicted octanol–water partition coefficient (Wildman–Crippen LogP) is 2.62. The summed E-state index contributed by atoms with van der Waals surface area (Å²) in [4.78, 5) is 11.3. The molecule has 9 heteroatoms. The molecule has 1 heterocycles. The van der Waals surface area contributed by atoms with Crippen molar-refractivity contribution in [3.05, 3.63) is 35.4 Å². The van der Waals surface area contributed by atoms with E-state index in [0.29, 0.717) is 6.42 Å². The molecule has 2 rings (SSSR count). The normalized spacial score (nSPS) is 12.8. The highest BCUT2D eigenvalue weighted by Crippen LogP contribution is 2.24. The van der Waals surface area contributed by atoms with Crippen LogP contribution < -0.4 is 10.0 Å². The predicted molar refractivity (Wildman–Crippen MR) is 93.4 cm³/mol. The maximum Gasteiger partial charge on any atom is 0.270 e. The molecule has 0 unspecified atom stereocenters. The Bertz CT molecular complexity index is 800. The highest BCUT2D eigenvalue weighted by atomic mass is 32.2. The van der Waals surface area contributed by atoms with Crippen LogP contribution in [0, 0.1) is 6.92 Å². The molecular formula is C15H20N4O3S2. The second-order valence-corrected chi connectivity index (χ2v) is 8.13. The van der Waals surface area contributed by atoms with E-state index < -0.39 is 10.0 Å². The second kappa shape index (κ2) is 7.82. The smallest absolute Gasteiger partial charge is 0.270 e. The summed E-state index contributed by atoms with van der Waals surface area (Å²) >= 11 is 0.829. The minimum Gasteiger partial charge on any atom is -0.301 e. The van der Waals surface area contributed by atoms with E-state index in [1.807, 2.05) is 38.1 Å². The Labute approximate surface area is 145 Å². The van der Waals surface area contributed by atoms with Crippen molar-refractivity contribution >= 4 is 32.4 Å². The van der Waals surface area contributed by atoms with Crippen molar-refractivity contribution < 1.29 is 13.2 Å². The molecule has 0 saturated heterocycles. The summed E-state index contributed by atoms with van der Waals surface area (Å²) in [7, 11) is -3.81. The number of sulfonamides is 1. The number of anilines is 1. The van der Waals surface area contributed by atoms with Crippen molar-refractivity contribution in [2.24, 2.45) is 0 Å². The number of nitrogens with one attached hydrogen (secondary N) is 2. The van der Waals surface area contributed by atoms with Gasteiger partial charge in [-0.1, -0.05) is 55.0 Å². The Hall–Kier alpha value is -1.84. The van der Waals surface area contributed by atoms with Crippen LogP contribution in [-0.2, 0) is 14.8 Å². The Morgan fingerprint density at radius 2 is 1.88 bits per heavy atom. The van der Waals surface area contributed by atoms with Crippen LogP contribution in [0.25, 0.3) is 0 Å². The summed E-state index contributed by atoms with van der Waals surface area (Å²) in [5.41, 5.74) is 1.99. The number of hydrogen-bond acceptors (Lipinski definition) is 6. The molecule has 0 spiro atoms. The lowest BCUT2D eigenvalue weighted by Crippen LogP contribution is -2.28. The molecule has 0 aliphatic carbocycles. The third-order valence-corrected chi connectivity index (χ3v) is 6.07. The van der Waals surface area contributed by atoms with Gasteiger partial charge in [-0.3, -0.25) is 4.79 Å². The van der Waals surface area contributed by atoms with Gasteiger partial charge in [0.05, 0.1) is 0 Å². The molecule has 0 fully saturated rings. The molecular weight excluding hydrogens is 348 g/mol. The van der Waals surface area contributed by atoms with Gasteiger partial charge in [-0.2, -0.15) is 0 Å². The van der Waals surface area contributed by atoms with Crippen LogP contribution in [0.4, 0.5) is 5.13 Å². The SMILES string of the molecule is CCC(=O)Nc1nnc(S(=O)(=O)N[C@H](CC)c2ccc(C)cc2)s1. The number of rotatable bonds is 7. The van der Waals surface area contributed by atoms with Gasteiger partial charge < -0.3 is 5.32 Å². The van der Waals surface area contributed by atoms with Crippen molar-refractivity contribution in [3.63, 3.8) is 0 Å². The molecule has 1 aromatic carbocycles. The molecule has 1 amide bonds. The first-order valence-electron chi connectivity index (χ1n) is 7.58. The molecule has 24 heavy (non-hydrogen) atoms. The molecule has 0 aliphatic rings. The highest BCUT2D eigenvalue weighted by Gasteiger charge is 2.24. The molecule has 0 saturated carbocycles. The fourth-order valence-electron chi connectivity index (χ4n) is 2.00. The van der Waals surface area contributed by atoms with E-state index in [1.54, 1.807) is 6.92 Å². The third kappa shape index (κ3) is 4.59. The monoisotopic (exact) mass is 368 g/mol. The number of nitrogens with zero attached hydrogens (tertiary/aromatic N) is 2. The van der Waals surface area contributed by atoms with Crippen LogP contribution in [0.2, 0.25) is 0 Å². The molecule has 130 valence electrons. The van der Waals surface area contributed by atoms with Gasteiger partial charge >= 0.3 is 0 Å². The zero-order valence-electron chi connectivity index (χ0n) is 13.7. The van der Waals surface area contributed by atoms with Crippen LogP contribution in [0.5, 0.6) is 0 Å². The molecule has 0 aliphatic heterocycles. The largest absolute Gasteiger partial charge is 0.301 e. The molecule has 1 aromatic heterocycles. The lowest BCUT2D eigenvalue weighted by molar-refractivity contribution is -0.115. The van der Waals surface area contributed by atoms with Gasteiger partial charge in [0, 0.05) is 12.5 Å². The Balaban J connectivity index is 2.17. The summed E-state index contributed by atoms with van der Waals surface area (Å²) < 4.78 is 27.5. The van der Waals surface area contributed by atoms with Gasteiger partial charge in [0.25, 0.3) is 10.0 Å². The Morgan fingerprint density at radius 3 is 2.46 bits per heavy atom.